The van der Waals surface area contributed by atoms with Crippen molar-refractivity contribution in [2.75, 3.05) is 13.7 Å². The van der Waals surface area contributed by atoms with E-state index in [0.29, 0.717) is 23.4 Å². The molecule has 0 fully saturated rings. The number of phenols is 1. The molecule has 2 aliphatic rings. The van der Waals surface area contributed by atoms with Gasteiger partial charge in [0.2, 0.25) is 0 Å². The van der Waals surface area contributed by atoms with E-state index in [-0.39, 0.29) is 11.7 Å². The van der Waals surface area contributed by atoms with E-state index in [1.165, 1.54) is 25.5 Å². The summed E-state index contributed by atoms with van der Waals surface area (Å²) in [6, 6.07) is 6.51. The van der Waals surface area contributed by atoms with Gasteiger partial charge in [0, 0.05) is 12.2 Å². The lowest BCUT2D eigenvalue weighted by molar-refractivity contribution is -0.136. The third-order valence-electron chi connectivity index (χ3n) is 5.15. The van der Waals surface area contributed by atoms with Crippen LogP contribution in [0.3, 0.4) is 0 Å². The molecule has 3 rings (SSSR count). The van der Waals surface area contributed by atoms with Crippen LogP contribution in [0.25, 0.3) is 6.08 Å². The van der Waals surface area contributed by atoms with Gasteiger partial charge in [-0.05, 0) is 62.8 Å². The van der Waals surface area contributed by atoms with E-state index in [0.717, 1.165) is 24.8 Å². The summed E-state index contributed by atoms with van der Waals surface area (Å²) < 4.78 is 4.91. The molecule has 0 bridgehead atoms. The van der Waals surface area contributed by atoms with Gasteiger partial charge in [0.05, 0.1) is 18.3 Å². The summed E-state index contributed by atoms with van der Waals surface area (Å²) in [5.74, 6) is -0.542. The van der Waals surface area contributed by atoms with E-state index >= 15 is 0 Å². The van der Waals surface area contributed by atoms with Crippen LogP contribution in [-0.2, 0) is 14.3 Å². The van der Waals surface area contributed by atoms with E-state index in [4.69, 9.17) is 4.74 Å². The number of carbonyl (C=O) groups excluding carboxylic acids is 2. The molecule has 5 heteroatoms. The first-order valence-electron chi connectivity index (χ1n) is 9.31. The van der Waals surface area contributed by atoms with Gasteiger partial charge in [-0.3, -0.25) is 4.79 Å². The van der Waals surface area contributed by atoms with E-state index in [1.54, 1.807) is 42.2 Å². The smallest absolute Gasteiger partial charge is 0.340 e. The van der Waals surface area contributed by atoms with Crippen LogP contribution in [0.15, 0.2) is 52.8 Å². The largest absolute Gasteiger partial charge is 0.508 e. The van der Waals surface area contributed by atoms with Gasteiger partial charge in [0.1, 0.15) is 5.75 Å². The lowest BCUT2D eigenvalue weighted by Gasteiger charge is -2.20. The van der Waals surface area contributed by atoms with Crippen LogP contribution < -0.4 is 0 Å². The normalized spacial score (nSPS) is 18.9. The number of methoxy groups -OCH3 is 1. The summed E-state index contributed by atoms with van der Waals surface area (Å²) in [6.07, 6.45) is 9.41. The van der Waals surface area contributed by atoms with Crippen LogP contribution in [0.1, 0.15) is 44.6 Å². The van der Waals surface area contributed by atoms with Crippen molar-refractivity contribution in [3.05, 3.63) is 58.3 Å². The molecule has 1 aliphatic heterocycles. The second kappa shape index (κ2) is 8.25. The van der Waals surface area contributed by atoms with Crippen molar-refractivity contribution in [2.24, 2.45) is 0 Å². The topological polar surface area (TPSA) is 66.8 Å². The zero-order valence-corrected chi connectivity index (χ0v) is 15.8. The predicted molar refractivity (Wildman–Crippen MR) is 104 cm³/mol. The molecule has 1 heterocycles. The molecule has 1 amide bonds. The number of aromatic hydroxyl groups is 1. The molecular formula is C22H25NO4. The number of esters is 1. The standard InChI is InChI=1S/C22H25NO4/c1-15-20(22(26)27-2)19(14-17-8-10-18(24)11-9-17)21(25)23(15)13-12-16-6-4-3-5-7-16/h6,8-11,14,24H,3-5,7,12-13H2,1-2H3. The maximum atomic E-state index is 13.0. The second-order valence-corrected chi connectivity index (χ2v) is 6.92. The summed E-state index contributed by atoms with van der Waals surface area (Å²) in [4.78, 5) is 27.0. The Labute approximate surface area is 159 Å². The molecule has 0 saturated heterocycles. The first-order valence-corrected chi connectivity index (χ1v) is 9.31. The molecule has 27 heavy (non-hydrogen) atoms. The summed E-state index contributed by atoms with van der Waals surface area (Å²) in [7, 11) is 1.32. The Kier molecular flexibility index (Phi) is 5.79. The predicted octanol–water partition coefficient (Wildman–Crippen LogP) is 3.96. The molecule has 1 aliphatic carbocycles. The number of hydrogen-bond acceptors (Lipinski definition) is 4. The number of rotatable bonds is 5. The Morgan fingerprint density at radius 1 is 1.26 bits per heavy atom. The van der Waals surface area contributed by atoms with Gasteiger partial charge in [-0.25, -0.2) is 4.79 Å². The van der Waals surface area contributed by atoms with Crippen LogP contribution in [0.5, 0.6) is 5.75 Å². The average molecular weight is 367 g/mol. The molecule has 1 N–H and O–H groups in total. The van der Waals surface area contributed by atoms with E-state index < -0.39 is 5.97 Å². The summed E-state index contributed by atoms with van der Waals surface area (Å²) in [5.41, 5.74) is 3.41. The molecule has 0 saturated carbocycles. The van der Waals surface area contributed by atoms with E-state index in [1.807, 2.05) is 0 Å². The fraction of sp³-hybridized carbons (Fsp3) is 0.364. The molecule has 5 nitrogen and oxygen atoms in total. The summed E-state index contributed by atoms with van der Waals surface area (Å²) >= 11 is 0. The first kappa shape index (κ1) is 19.0. The Morgan fingerprint density at radius 3 is 2.63 bits per heavy atom. The quantitative estimate of drug-likeness (QED) is 0.486. The summed E-state index contributed by atoms with van der Waals surface area (Å²) in [6.45, 7) is 2.35. The van der Waals surface area contributed by atoms with Crippen molar-refractivity contribution in [2.45, 2.75) is 39.0 Å². The summed E-state index contributed by atoms with van der Waals surface area (Å²) in [5, 5.41) is 9.44. The maximum absolute atomic E-state index is 13.0. The monoisotopic (exact) mass is 367 g/mol. The third kappa shape index (κ3) is 4.13. The molecule has 0 unspecified atom stereocenters. The molecule has 0 radical (unpaired) electrons. The van der Waals surface area contributed by atoms with Crippen LogP contribution in [0.4, 0.5) is 0 Å². The maximum Gasteiger partial charge on any atom is 0.340 e. The van der Waals surface area contributed by atoms with Crippen molar-refractivity contribution in [3.63, 3.8) is 0 Å². The molecule has 1 aromatic carbocycles. The fourth-order valence-electron chi connectivity index (χ4n) is 3.62. The second-order valence-electron chi connectivity index (χ2n) is 6.92. The van der Waals surface area contributed by atoms with Gasteiger partial charge < -0.3 is 14.7 Å². The van der Waals surface area contributed by atoms with Gasteiger partial charge in [0.25, 0.3) is 5.91 Å². The Hall–Kier alpha value is -2.82. The third-order valence-corrected chi connectivity index (χ3v) is 5.15. The minimum Gasteiger partial charge on any atom is -0.508 e. The molecule has 0 spiro atoms. The van der Waals surface area contributed by atoms with Gasteiger partial charge in [0.15, 0.2) is 0 Å². The Morgan fingerprint density at radius 2 is 2.00 bits per heavy atom. The molecular weight excluding hydrogens is 342 g/mol. The number of nitrogens with zero attached hydrogens (tertiary/aromatic N) is 1. The number of hydrogen-bond donors (Lipinski definition) is 1. The number of allylic oxidation sites excluding steroid dienone is 2. The van der Waals surface area contributed by atoms with Crippen LogP contribution >= 0.6 is 0 Å². The minimum absolute atomic E-state index is 0.150. The SMILES string of the molecule is COC(=O)C1=C(C)N(CCC2=CCCCC2)C(=O)C1=Cc1ccc(O)cc1. The minimum atomic E-state index is -0.509. The highest BCUT2D eigenvalue weighted by Crippen LogP contribution is 2.33. The molecule has 142 valence electrons. The number of carbonyl (C=O) groups is 2. The van der Waals surface area contributed by atoms with Crippen molar-refractivity contribution in [1.82, 2.24) is 4.90 Å². The number of benzene rings is 1. The molecule has 0 atom stereocenters. The van der Waals surface area contributed by atoms with Gasteiger partial charge in [-0.2, -0.15) is 0 Å². The lowest BCUT2D eigenvalue weighted by atomic mass is 9.97. The number of ether oxygens (including phenoxy) is 1. The van der Waals surface area contributed by atoms with Crippen molar-refractivity contribution < 1.29 is 19.4 Å². The van der Waals surface area contributed by atoms with E-state index in [9.17, 15) is 14.7 Å². The zero-order chi connectivity index (χ0) is 19.4. The van der Waals surface area contributed by atoms with E-state index in [2.05, 4.69) is 6.08 Å². The van der Waals surface area contributed by atoms with Crippen LogP contribution in [-0.4, -0.2) is 35.5 Å². The Bertz CT molecular complexity index is 830. The first-order chi connectivity index (χ1) is 13.0. The van der Waals surface area contributed by atoms with Gasteiger partial charge in [-0.15, -0.1) is 0 Å². The highest BCUT2D eigenvalue weighted by molar-refractivity contribution is 6.16. The lowest BCUT2D eigenvalue weighted by Crippen LogP contribution is -2.26. The molecule has 1 aromatic rings. The van der Waals surface area contributed by atoms with Gasteiger partial charge >= 0.3 is 5.97 Å². The number of amides is 1. The van der Waals surface area contributed by atoms with Crippen molar-refractivity contribution >= 4 is 18.0 Å². The number of phenolic OH excluding ortho intramolecular Hbond substituents is 1. The Balaban J connectivity index is 1.88. The van der Waals surface area contributed by atoms with Crippen molar-refractivity contribution in [1.29, 1.82) is 0 Å². The fourth-order valence-corrected chi connectivity index (χ4v) is 3.62. The van der Waals surface area contributed by atoms with Crippen LogP contribution in [0, 0.1) is 0 Å². The van der Waals surface area contributed by atoms with Crippen LogP contribution in [0.2, 0.25) is 0 Å². The van der Waals surface area contributed by atoms with Crippen molar-refractivity contribution in [3.8, 4) is 5.75 Å². The highest BCUT2D eigenvalue weighted by Gasteiger charge is 2.36. The van der Waals surface area contributed by atoms with Gasteiger partial charge in [-0.1, -0.05) is 23.8 Å². The molecule has 0 aromatic heterocycles. The zero-order valence-electron chi connectivity index (χ0n) is 15.8. The average Bonchev–Trinajstić information content (AvgIpc) is 2.92. The highest BCUT2D eigenvalue weighted by atomic mass is 16.5.